The van der Waals surface area contributed by atoms with E-state index in [1.165, 1.54) is 36.0 Å². The Kier molecular flexibility index (Phi) is 6.60. The van der Waals surface area contributed by atoms with E-state index in [0.29, 0.717) is 29.3 Å². The number of hydrogen-bond acceptors (Lipinski definition) is 6. The molecule has 0 unspecified atom stereocenters. The maximum Gasteiger partial charge on any atom is 0.277 e. The van der Waals surface area contributed by atoms with E-state index in [0.717, 1.165) is 0 Å². The number of nitrogens with one attached hydrogen (secondary N) is 1. The van der Waals surface area contributed by atoms with Gasteiger partial charge in [0.1, 0.15) is 11.6 Å². The number of carbonyl (C=O) groups excluding carboxylic acids is 1. The van der Waals surface area contributed by atoms with Crippen molar-refractivity contribution in [3.8, 4) is 5.75 Å². The molecule has 8 heteroatoms. The normalized spacial score (nSPS) is 12.2. The Balaban J connectivity index is 1.83. The predicted molar refractivity (Wildman–Crippen MR) is 88.3 cm³/mol. The molecule has 0 aliphatic carbocycles. The first-order chi connectivity index (χ1) is 11.4. The van der Waals surface area contributed by atoms with E-state index in [9.17, 15) is 9.18 Å². The molecule has 0 aliphatic heterocycles. The summed E-state index contributed by atoms with van der Waals surface area (Å²) < 4.78 is 24.0. The molecule has 6 nitrogen and oxygen atoms in total. The van der Waals surface area contributed by atoms with Crippen molar-refractivity contribution >= 4 is 17.7 Å². The molecule has 0 saturated carbocycles. The number of ether oxygens (including phenoxy) is 1. The van der Waals surface area contributed by atoms with E-state index in [2.05, 4.69) is 15.5 Å². The van der Waals surface area contributed by atoms with Gasteiger partial charge in [-0.3, -0.25) is 4.79 Å². The van der Waals surface area contributed by atoms with E-state index in [-0.39, 0.29) is 17.5 Å². The van der Waals surface area contributed by atoms with Gasteiger partial charge in [0.15, 0.2) is 6.10 Å². The molecular weight excluding hydrogens is 333 g/mol. The van der Waals surface area contributed by atoms with Crippen LogP contribution in [-0.2, 0) is 4.79 Å². The van der Waals surface area contributed by atoms with Crippen molar-refractivity contribution in [2.24, 2.45) is 5.92 Å². The summed E-state index contributed by atoms with van der Waals surface area (Å²) in [4.78, 5) is 11.7. The molecule has 0 aliphatic rings. The van der Waals surface area contributed by atoms with Gasteiger partial charge in [0, 0.05) is 6.54 Å². The van der Waals surface area contributed by atoms with Crippen molar-refractivity contribution in [1.29, 1.82) is 0 Å². The van der Waals surface area contributed by atoms with Crippen molar-refractivity contribution in [3.05, 3.63) is 36.0 Å². The highest BCUT2D eigenvalue weighted by Crippen LogP contribution is 2.24. The molecule has 0 saturated heterocycles. The minimum Gasteiger partial charge on any atom is -0.481 e. The van der Waals surface area contributed by atoms with Gasteiger partial charge in [-0.25, -0.2) is 4.39 Å². The van der Waals surface area contributed by atoms with Gasteiger partial charge in [-0.05, 0) is 37.1 Å². The van der Waals surface area contributed by atoms with E-state index < -0.39 is 6.10 Å². The molecule has 0 fully saturated rings. The van der Waals surface area contributed by atoms with Crippen molar-refractivity contribution in [3.63, 3.8) is 0 Å². The van der Waals surface area contributed by atoms with Crippen LogP contribution in [0.1, 0.15) is 32.8 Å². The zero-order chi connectivity index (χ0) is 17.5. The average molecular weight is 353 g/mol. The Hall–Kier alpha value is -2.09. The maximum absolute atomic E-state index is 12.9. The summed E-state index contributed by atoms with van der Waals surface area (Å²) in [6.45, 7) is 6.44. The second-order valence-electron chi connectivity index (χ2n) is 5.61. The van der Waals surface area contributed by atoms with Crippen molar-refractivity contribution in [2.75, 3.05) is 12.3 Å². The Morgan fingerprint density at radius 1 is 1.29 bits per heavy atom. The summed E-state index contributed by atoms with van der Waals surface area (Å²) in [5, 5.41) is 10.9. The Labute approximate surface area is 144 Å². The standard InChI is InChI=1S/C16H20FN3O3S/c1-10(2)8-18-14(21)9-24-16-20-19-15(23-16)11(3)22-13-6-4-12(17)5-7-13/h4-7,10-11H,8-9H2,1-3H3,(H,18,21)/t11-/m0/s1. The summed E-state index contributed by atoms with van der Waals surface area (Å²) in [6.07, 6.45) is -0.480. The quantitative estimate of drug-likeness (QED) is 0.734. The predicted octanol–water partition coefficient (Wildman–Crippen LogP) is 3.21. The molecule has 1 heterocycles. The lowest BCUT2D eigenvalue weighted by atomic mass is 10.2. The third-order valence-electron chi connectivity index (χ3n) is 2.93. The zero-order valence-corrected chi connectivity index (χ0v) is 14.6. The molecule has 24 heavy (non-hydrogen) atoms. The summed E-state index contributed by atoms with van der Waals surface area (Å²) >= 11 is 1.17. The van der Waals surface area contributed by atoms with Crippen LogP contribution in [0.4, 0.5) is 4.39 Å². The molecule has 1 amide bonds. The minimum atomic E-state index is -0.480. The van der Waals surface area contributed by atoms with Crippen molar-refractivity contribution in [1.82, 2.24) is 15.5 Å². The fourth-order valence-electron chi connectivity index (χ4n) is 1.71. The molecule has 1 aromatic carbocycles. The Morgan fingerprint density at radius 3 is 2.67 bits per heavy atom. The van der Waals surface area contributed by atoms with Crippen LogP contribution in [0.25, 0.3) is 0 Å². The number of aromatic nitrogens is 2. The van der Waals surface area contributed by atoms with Crippen LogP contribution in [0.5, 0.6) is 5.75 Å². The Morgan fingerprint density at radius 2 is 2.00 bits per heavy atom. The van der Waals surface area contributed by atoms with Gasteiger partial charge in [0.05, 0.1) is 5.75 Å². The van der Waals surface area contributed by atoms with Crippen molar-refractivity contribution in [2.45, 2.75) is 32.1 Å². The highest BCUT2D eigenvalue weighted by molar-refractivity contribution is 7.99. The topological polar surface area (TPSA) is 77.2 Å². The van der Waals surface area contributed by atoms with Crippen LogP contribution in [0, 0.1) is 11.7 Å². The lowest BCUT2D eigenvalue weighted by molar-refractivity contribution is -0.118. The van der Waals surface area contributed by atoms with Crippen LogP contribution in [0.15, 0.2) is 33.9 Å². The highest BCUT2D eigenvalue weighted by atomic mass is 32.2. The smallest absolute Gasteiger partial charge is 0.277 e. The van der Waals surface area contributed by atoms with E-state index in [1.54, 1.807) is 6.92 Å². The van der Waals surface area contributed by atoms with Gasteiger partial charge in [-0.1, -0.05) is 25.6 Å². The van der Waals surface area contributed by atoms with Gasteiger partial charge in [-0.15, -0.1) is 10.2 Å². The molecule has 0 spiro atoms. The highest BCUT2D eigenvalue weighted by Gasteiger charge is 2.17. The lowest BCUT2D eigenvalue weighted by Crippen LogP contribution is -2.28. The summed E-state index contributed by atoms with van der Waals surface area (Å²) in [6, 6.07) is 5.67. The fourth-order valence-corrected chi connectivity index (χ4v) is 2.31. The second kappa shape index (κ2) is 8.68. The van der Waals surface area contributed by atoms with E-state index in [1.807, 2.05) is 13.8 Å². The molecule has 0 bridgehead atoms. The molecule has 2 rings (SSSR count). The van der Waals surface area contributed by atoms with Gasteiger partial charge >= 0.3 is 0 Å². The van der Waals surface area contributed by atoms with Crippen LogP contribution >= 0.6 is 11.8 Å². The van der Waals surface area contributed by atoms with Crippen molar-refractivity contribution < 1.29 is 18.3 Å². The average Bonchev–Trinajstić information content (AvgIpc) is 3.02. The van der Waals surface area contributed by atoms with Crippen LogP contribution in [-0.4, -0.2) is 28.4 Å². The number of carbonyl (C=O) groups is 1. The first-order valence-electron chi connectivity index (χ1n) is 7.59. The monoisotopic (exact) mass is 353 g/mol. The molecule has 1 N–H and O–H groups in total. The molecule has 130 valence electrons. The number of nitrogens with zero attached hydrogens (tertiary/aromatic N) is 2. The zero-order valence-electron chi connectivity index (χ0n) is 13.8. The molecular formula is C16H20FN3O3S. The number of amides is 1. The number of rotatable bonds is 8. The van der Waals surface area contributed by atoms with Crippen LogP contribution in [0.3, 0.4) is 0 Å². The van der Waals surface area contributed by atoms with Gasteiger partial charge in [0.25, 0.3) is 11.1 Å². The Bertz CT molecular complexity index is 661. The molecule has 0 radical (unpaired) electrons. The summed E-state index contributed by atoms with van der Waals surface area (Å²) in [5.74, 6) is 1.00. The third-order valence-corrected chi connectivity index (χ3v) is 3.75. The van der Waals surface area contributed by atoms with Crippen LogP contribution < -0.4 is 10.1 Å². The number of halogens is 1. The largest absolute Gasteiger partial charge is 0.481 e. The maximum atomic E-state index is 12.9. The molecule has 1 atom stereocenters. The van der Waals surface area contributed by atoms with Gasteiger partial charge in [-0.2, -0.15) is 0 Å². The number of thioether (sulfide) groups is 1. The van der Waals surface area contributed by atoms with E-state index >= 15 is 0 Å². The SMILES string of the molecule is CC(C)CNC(=O)CSc1nnc([C@H](C)Oc2ccc(F)cc2)o1. The first kappa shape index (κ1) is 18.3. The number of benzene rings is 1. The molecule has 2 aromatic rings. The van der Waals surface area contributed by atoms with Crippen LogP contribution in [0.2, 0.25) is 0 Å². The first-order valence-corrected chi connectivity index (χ1v) is 8.57. The minimum absolute atomic E-state index is 0.0796. The number of hydrogen-bond donors (Lipinski definition) is 1. The summed E-state index contributed by atoms with van der Waals surface area (Å²) in [5.41, 5.74) is 0. The second-order valence-corrected chi connectivity index (χ2v) is 6.53. The molecule has 1 aromatic heterocycles. The fraction of sp³-hybridized carbons (Fsp3) is 0.438. The van der Waals surface area contributed by atoms with Gasteiger partial charge < -0.3 is 14.5 Å². The van der Waals surface area contributed by atoms with Gasteiger partial charge in [0.2, 0.25) is 5.91 Å². The third kappa shape index (κ3) is 5.84. The lowest BCUT2D eigenvalue weighted by Gasteiger charge is -2.10. The van der Waals surface area contributed by atoms with E-state index in [4.69, 9.17) is 9.15 Å². The summed E-state index contributed by atoms with van der Waals surface area (Å²) in [7, 11) is 0.